The molecule has 0 unspecified atom stereocenters. The number of nitrogen functional groups attached to an aromatic ring is 1. The number of aromatic nitrogens is 3. The summed E-state index contributed by atoms with van der Waals surface area (Å²) in [7, 11) is 0. The van der Waals surface area contributed by atoms with E-state index in [1.54, 1.807) is 30.3 Å². The predicted molar refractivity (Wildman–Crippen MR) is 83.0 cm³/mol. The summed E-state index contributed by atoms with van der Waals surface area (Å²) in [5.74, 6) is 0.167. The Balaban J connectivity index is 2.52. The van der Waals surface area contributed by atoms with Gasteiger partial charge in [0.1, 0.15) is 0 Å². The van der Waals surface area contributed by atoms with Gasteiger partial charge < -0.3 is 11.1 Å². The molecule has 0 bridgehead atoms. The molecule has 0 radical (unpaired) electrons. The smallest absolute Gasteiger partial charge is 0.247 e. The highest BCUT2D eigenvalue weighted by atomic mass is 35.5. The van der Waals surface area contributed by atoms with E-state index in [0.717, 1.165) is 0 Å². The summed E-state index contributed by atoms with van der Waals surface area (Å²) in [6.07, 6.45) is 1.67. The molecule has 0 aliphatic heterocycles. The summed E-state index contributed by atoms with van der Waals surface area (Å²) in [6, 6.07) is 6.99. The standard InChI is InChI=1S/C12H13ClN6S/c1-2-7-16-12(20)19-11(15)17-10(14)18(19)9-5-3-8(13)4-6-9/h2-6H,1,7H2,(H,16,20)(H3,14,15,17). The SMILES string of the molecule is C=CCNC(=S)n1c(=N)nc(N)n1-c1ccc(Cl)cc1. The van der Waals surface area contributed by atoms with Gasteiger partial charge >= 0.3 is 0 Å². The maximum atomic E-state index is 7.86. The van der Waals surface area contributed by atoms with Crippen LogP contribution in [0.2, 0.25) is 5.02 Å². The van der Waals surface area contributed by atoms with Crippen LogP contribution in [0, 0.1) is 5.41 Å². The molecular formula is C12H13ClN6S. The summed E-state index contributed by atoms with van der Waals surface area (Å²) in [6.45, 7) is 4.09. The van der Waals surface area contributed by atoms with E-state index in [1.807, 2.05) is 0 Å². The molecule has 0 atom stereocenters. The molecule has 4 N–H and O–H groups in total. The third-order valence-corrected chi connectivity index (χ3v) is 3.07. The minimum absolute atomic E-state index is 0.0565. The van der Waals surface area contributed by atoms with Crippen molar-refractivity contribution in [2.75, 3.05) is 12.3 Å². The van der Waals surface area contributed by atoms with Gasteiger partial charge in [0.25, 0.3) is 0 Å². The van der Waals surface area contributed by atoms with Crippen LogP contribution in [0.25, 0.3) is 5.69 Å². The van der Waals surface area contributed by atoms with E-state index >= 15 is 0 Å². The molecule has 0 saturated carbocycles. The fraction of sp³-hybridized carbons (Fsp3) is 0.0833. The first-order valence-electron chi connectivity index (χ1n) is 5.71. The van der Waals surface area contributed by atoms with Gasteiger partial charge in [-0.3, -0.25) is 5.41 Å². The van der Waals surface area contributed by atoms with Crippen molar-refractivity contribution in [2.45, 2.75) is 0 Å². The summed E-state index contributed by atoms with van der Waals surface area (Å²) in [5.41, 5.74) is 6.50. The summed E-state index contributed by atoms with van der Waals surface area (Å²) >= 11 is 11.1. The van der Waals surface area contributed by atoms with E-state index in [2.05, 4.69) is 16.9 Å². The maximum Gasteiger partial charge on any atom is 0.247 e. The second-order valence-corrected chi connectivity index (χ2v) is 4.69. The van der Waals surface area contributed by atoms with Gasteiger partial charge in [-0.15, -0.1) is 6.58 Å². The van der Waals surface area contributed by atoms with Gasteiger partial charge in [-0.25, -0.2) is 4.68 Å². The number of halogens is 1. The Hall–Kier alpha value is -2.12. The van der Waals surface area contributed by atoms with Gasteiger partial charge in [-0.05, 0) is 36.5 Å². The van der Waals surface area contributed by atoms with Crippen LogP contribution in [0.3, 0.4) is 0 Å². The number of hydrogen-bond acceptors (Lipinski definition) is 4. The van der Waals surface area contributed by atoms with Crippen LogP contribution < -0.4 is 16.7 Å². The number of hydrogen-bond donors (Lipinski definition) is 3. The Bertz CT molecular complexity index is 700. The first-order valence-corrected chi connectivity index (χ1v) is 6.50. The van der Waals surface area contributed by atoms with Gasteiger partial charge in [0.05, 0.1) is 5.69 Å². The molecule has 8 heteroatoms. The van der Waals surface area contributed by atoms with Crippen molar-refractivity contribution < 1.29 is 0 Å². The molecule has 0 aliphatic rings. The molecular weight excluding hydrogens is 296 g/mol. The van der Waals surface area contributed by atoms with Crippen LogP contribution in [0.5, 0.6) is 0 Å². The zero-order chi connectivity index (χ0) is 14.7. The molecule has 0 aliphatic carbocycles. The molecule has 1 heterocycles. The van der Waals surface area contributed by atoms with Crippen molar-refractivity contribution in [1.82, 2.24) is 19.7 Å². The van der Waals surface area contributed by atoms with Gasteiger partial charge in [-0.1, -0.05) is 17.7 Å². The van der Waals surface area contributed by atoms with E-state index in [1.165, 1.54) is 9.36 Å². The van der Waals surface area contributed by atoms with Crippen molar-refractivity contribution in [2.24, 2.45) is 0 Å². The molecule has 0 spiro atoms. The number of nitrogens with one attached hydrogen (secondary N) is 2. The molecule has 6 nitrogen and oxygen atoms in total. The lowest BCUT2D eigenvalue weighted by atomic mass is 10.3. The highest BCUT2D eigenvalue weighted by molar-refractivity contribution is 7.80. The fourth-order valence-corrected chi connectivity index (χ4v) is 2.03. The third-order valence-electron chi connectivity index (χ3n) is 2.50. The van der Waals surface area contributed by atoms with E-state index < -0.39 is 0 Å². The van der Waals surface area contributed by atoms with Crippen molar-refractivity contribution in [3.05, 3.63) is 47.6 Å². The van der Waals surface area contributed by atoms with Crippen molar-refractivity contribution in [3.63, 3.8) is 0 Å². The number of nitrogens with zero attached hydrogens (tertiary/aromatic N) is 3. The Morgan fingerprint density at radius 1 is 1.50 bits per heavy atom. The highest BCUT2D eigenvalue weighted by Gasteiger charge is 2.13. The minimum atomic E-state index is -0.0565. The zero-order valence-electron chi connectivity index (χ0n) is 10.5. The maximum absolute atomic E-state index is 7.86. The van der Waals surface area contributed by atoms with Crippen molar-refractivity contribution in [3.8, 4) is 5.69 Å². The fourth-order valence-electron chi connectivity index (χ4n) is 1.65. The summed E-state index contributed by atoms with van der Waals surface area (Å²) < 4.78 is 2.94. The largest absolute Gasteiger partial charge is 0.368 e. The molecule has 0 saturated heterocycles. The van der Waals surface area contributed by atoms with Gasteiger partial charge in [-0.2, -0.15) is 9.67 Å². The molecule has 1 aromatic carbocycles. The molecule has 2 aromatic rings. The number of rotatable bonds is 3. The quantitative estimate of drug-likeness (QED) is 0.589. The molecule has 0 amide bonds. The molecule has 0 fully saturated rings. The Morgan fingerprint density at radius 3 is 2.75 bits per heavy atom. The number of anilines is 1. The molecule has 104 valence electrons. The average Bonchev–Trinajstić information content (AvgIpc) is 2.72. The van der Waals surface area contributed by atoms with Crippen LogP contribution in [0.4, 0.5) is 5.95 Å². The first-order chi connectivity index (χ1) is 9.54. The number of nitrogens with two attached hydrogens (primary N) is 1. The highest BCUT2D eigenvalue weighted by Crippen LogP contribution is 2.14. The Kier molecular flexibility index (Phi) is 4.21. The minimum Gasteiger partial charge on any atom is -0.368 e. The molecule has 2 rings (SSSR count). The number of benzene rings is 1. The van der Waals surface area contributed by atoms with E-state index in [0.29, 0.717) is 22.4 Å². The first kappa shape index (κ1) is 14.3. The molecule has 1 aromatic heterocycles. The van der Waals surface area contributed by atoms with Crippen LogP contribution in [-0.4, -0.2) is 26.0 Å². The van der Waals surface area contributed by atoms with E-state index in [4.69, 9.17) is 35.0 Å². The lowest BCUT2D eigenvalue weighted by Crippen LogP contribution is -2.38. The average molecular weight is 309 g/mol. The van der Waals surface area contributed by atoms with Crippen molar-refractivity contribution in [1.29, 1.82) is 5.41 Å². The molecule has 20 heavy (non-hydrogen) atoms. The summed E-state index contributed by atoms with van der Waals surface area (Å²) in [4.78, 5) is 3.92. The zero-order valence-corrected chi connectivity index (χ0v) is 12.1. The normalized spacial score (nSPS) is 10.2. The van der Waals surface area contributed by atoms with E-state index in [-0.39, 0.29) is 11.6 Å². The number of thiocarbonyl (C=S) groups is 1. The van der Waals surface area contributed by atoms with Crippen LogP contribution >= 0.6 is 23.8 Å². The van der Waals surface area contributed by atoms with Crippen LogP contribution in [0.15, 0.2) is 36.9 Å². The van der Waals surface area contributed by atoms with Crippen LogP contribution in [-0.2, 0) is 0 Å². The third kappa shape index (κ3) is 2.73. The second-order valence-electron chi connectivity index (χ2n) is 3.87. The predicted octanol–water partition coefficient (Wildman–Crippen LogP) is 1.30. The lowest BCUT2D eigenvalue weighted by Gasteiger charge is -2.13. The second kappa shape index (κ2) is 5.89. The lowest BCUT2D eigenvalue weighted by molar-refractivity contribution is 0.728. The van der Waals surface area contributed by atoms with Crippen LogP contribution in [0.1, 0.15) is 0 Å². The topological polar surface area (TPSA) is 84.7 Å². The van der Waals surface area contributed by atoms with Gasteiger partial charge in [0.15, 0.2) is 5.11 Å². The van der Waals surface area contributed by atoms with Gasteiger partial charge in [0, 0.05) is 11.6 Å². The Morgan fingerprint density at radius 2 is 2.15 bits per heavy atom. The summed E-state index contributed by atoms with van der Waals surface area (Å²) in [5, 5.41) is 11.7. The Labute approximate surface area is 126 Å². The van der Waals surface area contributed by atoms with E-state index in [9.17, 15) is 0 Å². The van der Waals surface area contributed by atoms with Gasteiger partial charge in [0.2, 0.25) is 11.6 Å². The van der Waals surface area contributed by atoms with Crippen molar-refractivity contribution >= 4 is 34.9 Å². The monoisotopic (exact) mass is 308 g/mol.